The second-order valence-corrected chi connectivity index (χ2v) is 7.27. The van der Waals surface area contributed by atoms with Gasteiger partial charge in [-0.3, -0.25) is 14.8 Å². The molecule has 0 saturated carbocycles. The Bertz CT molecular complexity index is 1050. The summed E-state index contributed by atoms with van der Waals surface area (Å²) in [4.78, 5) is 21.2. The normalized spacial score (nSPS) is 11.1. The summed E-state index contributed by atoms with van der Waals surface area (Å²) >= 11 is 2.88. The van der Waals surface area contributed by atoms with Crippen molar-refractivity contribution >= 4 is 43.9 Å². The van der Waals surface area contributed by atoms with Crippen LogP contribution in [0, 0.1) is 6.92 Å². The highest BCUT2D eigenvalue weighted by Crippen LogP contribution is 2.28. The minimum Gasteiger partial charge on any atom is -0.296 e. The Labute approximate surface area is 145 Å². The van der Waals surface area contributed by atoms with Gasteiger partial charge in [0.15, 0.2) is 5.13 Å². The molecule has 0 saturated heterocycles. The number of fused-ring (bicyclic) bond motifs is 1. The zero-order valence-electron chi connectivity index (χ0n) is 13.0. The molecule has 0 aliphatic rings. The lowest BCUT2D eigenvalue weighted by atomic mass is 10.2. The van der Waals surface area contributed by atoms with Crippen LogP contribution < -0.4 is 5.32 Å². The molecule has 1 aromatic carbocycles. The molecule has 4 rings (SSSR count). The minimum absolute atomic E-state index is 0.253. The van der Waals surface area contributed by atoms with Gasteiger partial charge in [-0.05, 0) is 24.6 Å². The summed E-state index contributed by atoms with van der Waals surface area (Å²) in [5, 5.41) is 10.0. The second-order valence-electron chi connectivity index (χ2n) is 5.38. The maximum Gasteiger partial charge on any atom is 0.276 e. The van der Waals surface area contributed by atoms with Crippen molar-refractivity contribution in [2.75, 3.05) is 5.32 Å². The number of carbonyl (C=O) groups is 1. The van der Waals surface area contributed by atoms with Gasteiger partial charge in [-0.1, -0.05) is 17.4 Å². The van der Waals surface area contributed by atoms with Gasteiger partial charge in [0.1, 0.15) is 10.7 Å². The number of carbonyl (C=O) groups excluding carboxylic acids is 1. The predicted octanol–water partition coefficient (Wildman–Crippen LogP) is 3.71. The summed E-state index contributed by atoms with van der Waals surface area (Å²) in [6, 6.07) is 6.03. The van der Waals surface area contributed by atoms with Gasteiger partial charge >= 0.3 is 0 Å². The van der Waals surface area contributed by atoms with Crippen LogP contribution in [0.15, 0.2) is 36.0 Å². The minimum atomic E-state index is -0.253. The molecule has 4 aromatic rings. The van der Waals surface area contributed by atoms with Crippen LogP contribution in [0.25, 0.3) is 20.8 Å². The van der Waals surface area contributed by atoms with Crippen LogP contribution in [0.3, 0.4) is 0 Å². The topological polar surface area (TPSA) is 72.7 Å². The smallest absolute Gasteiger partial charge is 0.276 e. The molecular formula is C16H13N5OS2. The lowest BCUT2D eigenvalue weighted by Crippen LogP contribution is -2.11. The van der Waals surface area contributed by atoms with Gasteiger partial charge in [-0.2, -0.15) is 5.10 Å². The van der Waals surface area contributed by atoms with Crippen LogP contribution in [0.5, 0.6) is 0 Å². The van der Waals surface area contributed by atoms with Gasteiger partial charge in [0.05, 0.1) is 16.4 Å². The molecule has 0 aliphatic heterocycles. The maximum atomic E-state index is 12.4. The number of amides is 1. The van der Waals surface area contributed by atoms with Crippen LogP contribution in [-0.4, -0.2) is 25.7 Å². The largest absolute Gasteiger partial charge is 0.296 e. The van der Waals surface area contributed by atoms with Gasteiger partial charge in [0.25, 0.3) is 5.91 Å². The fourth-order valence-electron chi connectivity index (χ4n) is 2.29. The van der Waals surface area contributed by atoms with E-state index in [4.69, 9.17) is 0 Å². The molecule has 1 N–H and O–H groups in total. The Morgan fingerprint density at radius 2 is 2.17 bits per heavy atom. The molecule has 3 aromatic heterocycles. The fourth-order valence-corrected chi connectivity index (χ4v) is 4.02. The number of nitrogens with one attached hydrogen (secondary N) is 1. The van der Waals surface area contributed by atoms with E-state index in [1.807, 2.05) is 32.3 Å². The summed E-state index contributed by atoms with van der Waals surface area (Å²) in [5.41, 5.74) is 3.34. The molecule has 1 amide bonds. The zero-order chi connectivity index (χ0) is 16.7. The monoisotopic (exact) mass is 355 g/mol. The van der Waals surface area contributed by atoms with Crippen LogP contribution in [0.1, 0.15) is 16.1 Å². The van der Waals surface area contributed by atoms with E-state index in [0.717, 1.165) is 20.8 Å². The third kappa shape index (κ3) is 2.81. The average molecular weight is 355 g/mol. The van der Waals surface area contributed by atoms with Crippen molar-refractivity contribution in [3.05, 3.63) is 47.2 Å². The second kappa shape index (κ2) is 5.81. The zero-order valence-corrected chi connectivity index (χ0v) is 14.6. The van der Waals surface area contributed by atoms with Gasteiger partial charge in [-0.25, -0.2) is 9.97 Å². The lowest BCUT2D eigenvalue weighted by Gasteiger charge is -1.96. The quantitative estimate of drug-likeness (QED) is 0.608. The number of benzene rings is 1. The molecule has 0 radical (unpaired) electrons. The Kier molecular flexibility index (Phi) is 3.62. The maximum absolute atomic E-state index is 12.4. The Morgan fingerprint density at radius 3 is 2.96 bits per heavy atom. The fraction of sp³-hybridized carbons (Fsp3) is 0.125. The number of rotatable bonds is 3. The summed E-state index contributed by atoms with van der Waals surface area (Å²) in [6.45, 7) is 2.03. The van der Waals surface area contributed by atoms with E-state index in [1.165, 1.54) is 28.2 Å². The van der Waals surface area contributed by atoms with E-state index >= 15 is 0 Å². The van der Waals surface area contributed by atoms with Crippen molar-refractivity contribution in [2.24, 2.45) is 7.05 Å². The molecule has 24 heavy (non-hydrogen) atoms. The Morgan fingerprint density at radius 1 is 1.29 bits per heavy atom. The highest BCUT2D eigenvalue weighted by molar-refractivity contribution is 7.22. The molecule has 0 fully saturated rings. The van der Waals surface area contributed by atoms with Crippen LogP contribution >= 0.6 is 22.7 Å². The van der Waals surface area contributed by atoms with Crippen LogP contribution in [0.4, 0.5) is 5.13 Å². The van der Waals surface area contributed by atoms with Gasteiger partial charge in [-0.15, -0.1) is 11.3 Å². The third-order valence-corrected chi connectivity index (χ3v) is 5.28. The van der Waals surface area contributed by atoms with Crippen LogP contribution in [0.2, 0.25) is 0 Å². The van der Waals surface area contributed by atoms with Crippen molar-refractivity contribution in [2.45, 2.75) is 6.92 Å². The standard InChI is InChI=1S/C16H13N5OS2/c1-9-3-4-11-13(5-9)24-16(19-11)20-14(22)12-8-23-15(18-12)10-6-17-21(2)7-10/h3-8H,1-2H3,(H,19,20,22). The summed E-state index contributed by atoms with van der Waals surface area (Å²) in [6.07, 6.45) is 3.60. The van der Waals surface area contributed by atoms with Crippen molar-refractivity contribution in [1.82, 2.24) is 19.7 Å². The first kappa shape index (κ1) is 15.0. The van der Waals surface area contributed by atoms with E-state index < -0.39 is 0 Å². The average Bonchev–Trinajstić information content (AvgIpc) is 3.24. The Balaban J connectivity index is 1.56. The van der Waals surface area contributed by atoms with E-state index in [9.17, 15) is 4.79 Å². The Hall–Kier alpha value is -2.58. The molecule has 0 spiro atoms. The number of hydrogen-bond donors (Lipinski definition) is 1. The SMILES string of the molecule is Cc1ccc2nc(NC(=O)c3csc(-c4cnn(C)c4)n3)sc2c1. The summed E-state index contributed by atoms with van der Waals surface area (Å²) in [5.74, 6) is -0.253. The van der Waals surface area contributed by atoms with Crippen molar-refractivity contribution in [1.29, 1.82) is 0 Å². The van der Waals surface area contributed by atoms with Crippen molar-refractivity contribution < 1.29 is 4.79 Å². The van der Waals surface area contributed by atoms with E-state index in [-0.39, 0.29) is 5.91 Å². The van der Waals surface area contributed by atoms with Gasteiger partial charge < -0.3 is 0 Å². The summed E-state index contributed by atoms with van der Waals surface area (Å²) < 4.78 is 2.76. The highest BCUT2D eigenvalue weighted by Gasteiger charge is 2.15. The number of aryl methyl sites for hydroxylation is 2. The molecule has 6 nitrogen and oxygen atoms in total. The summed E-state index contributed by atoms with van der Waals surface area (Å²) in [7, 11) is 1.85. The third-order valence-electron chi connectivity index (χ3n) is 3.45. The molecule has 120 valence electrons. The van der Waals surface area contributed by atoms with E-state index in [0.29, 0.717) is 10.8 Å². The highest BCUT2D eigenvalue weighted by atomic mass is 32.1. The predicted molar refractivity (Wildman–Crippen MR) is 96.6 cm³/mol. The molecule has 3 heterocycles. The van der Waals surface area contributed by atoms with E-state index in [2.05, 4.69) is 26.4 Å². The first-order valence-electron chi connectivity index (χ1n) is 7.21. The van der Waals surface area contributed by atoms with Crippen molar-refractivity contribution in [3.8, 4) is 10.6 Å². The molecule has 8 heteroatoms. The molecule has 0 atom stereocenters. The van der Waals surface area contributed by atoms with E-state index in [1.54, 1.807) is 16.3 Å². The first-order valence-corrected chi connectivity index (χ1v) is 8.91. The molecule has 0 bridgehead atoms. The molecule has 0 unspecified atom stereocenters. The number of thiazole rings is 2. The number of aromatic nitrogens is 4. The molecule has 0 aliphatic carbocycles. The lowest BCUT2D eigenvalue weighted by molar-refractivity contribution is 0.102. The van der Waals surface area contributed by atoms with Gasteiger partial charge in [0.2, 0.25) is 0 Å². The van der Waals surface area contributed by atoms with Gasteiger partial charge in [0, 0.05) is 24.2 Å². The first-order chi connectivity index (χ1) is 11.6. The number of nitrogens with zero attached hydrogens (tertiary/aromatic N) is 4. The van der Waals surface area contributed by atoms with Crippen molar-refractivity contribution in [3.63, 3.8) is 0 Å². The molecular weight excluding hydrogens is 342 g/mol. The number of hydrogen-bond acceptors (Lipinski definition) is 6. The number of anilines is 1. The van der Waals surface area contributed by atoms with Crippen LogP contribution in [-0.2, 0) is 7.05 Å².